The second-order valence-electron chi connectivity index (χ2n) is 7.11. The van der Waals surface area contributed by atoms with Crippen LogP contribution in [-0.4, -0.2) is 68.8 Å². The molecule has 3 N–H and O–H groups in total. The Labute approximate surface area is 176 Å². The first-order valence-electron chi connectivity index (χ1n) is 9.41. The SMILES string of the molecule is CN=C(NCCNC(=O)C1CCCCC1)NC1CCN(CC(F)(F)F)C1.I. The Balaban J connectivity index is 0.00000364. The topological polar surface area (TPSA) is 68.8 Å². The van der Waals surface area contributed by atoms with Gasteiger partial charge in [-0.25, -0.2) is 0 Å². The zero-order valence-electron chi connectivity index (χ0n) is 15.8. The molecule has 1 aliphatic heterocycles. The van der Waals surface area contributed by atoms with Crippen LogP contribution >= 0.6 is 24.0 Å². The number of alkyl halides is 3. The molecule has 2 aliphatic rings. The molecule has 0 aromatic carbocycles. The van der Waals surface area contributed by atoms with Crippen molar-refractivity contribution in [2.24, 2.45) is 10.9 Å². The highest BCUT2D eigenvalue weighted by Gasteiger charge is 2.34. The first-order valence-corrected chi connectivity index (χ1v) is 9.41. The molecule has 158 valence electrons. The standard InChI is InChI=1S/C17H30F3N5O.HI/c1-21-16(24-14-7-10-25(11-14)12-17(18,19)20)23-9-8-22-15(26)13-5-3-2-4-6-13;/h13-14H,2-12H2,1H3,(H,22,26)(H2,21,23,24);1H. The van der Waals surface area contributed by atoms with Crippen molar-refractivity contribution in [3.8, 4) is 0 Å². The lowest BCUT2D eigenvalue weighted by Crippen LogP contribution is -2.47. The summed E-state index contributed by atoms with van der Waals surface area (Å²) < 4.78 is 37.3. The molecule has 0 aromatic rings. The van der Waals surface area contributed by atoms with E-state index in [0.717, 1.165) is 25.7 Å². The molecule has 2 rings (SSSR count). The number of guanidine groups is 1. The molecule has 2 fully saturated rings. The van der Waals surface area contributed by atoms with E-state index >= 15 is 0 Å². The van der Waals surface area contributed by atoms with Crippen LogP contribution in [0.2, 0.25) is 0 Å². The van der Waals surface area contributed by atoms with E-state index in [0.29, 0.717) is 38.6 Å². The van der Waals surface area contributed by atoms with Gasteiger partial charge in [-0.05, 0) is 19.3 Å². The summed E-state index contributed by atoms with van der Waals surface area (Å²) in [5, 5.41) is 9.19. The van der Waals surface area contributed by atoms with Gasteiger partial charge in [-0.3, -0.25) is 14.7 Å². The molecular weight excluding hydrogens is 474 g/mol. The van der Waals surface area contributed by atoms with Gasteiger partial charge >= 0.3 is 6.18 Å². The summed E-state index contributed by atoms with van der Waals surface area (Å²) in [6.45, 7) is 0.923. The average molecular weight is 505 g/mol. The third kappa shape index (κ3) is 9.31. The van der Waals surface area contributed by atoms with Crippen LogP contribution in [0.1, 0.15) is 38.5 Å². The van der Waals surface area contributed by atoms with Crippen molar-refractivity contribution < 1.29 is 18.0 Å². The number of carbonyl (C=O) groups is 1. The number of amides is 1. The monoisotopic (exact) mass is 505 g/mol. The second kappa shape index (κ2) is 11.9. The van der Waals surface area contributed by atoms with Crippen molar-refractivity contribution in [2.75, 3.05) is 39.8 Å². The molecule has 1 amide bonds. The molecule has 0 aromatic heterocycles. The van der Waals surface area contributed by atoms with E-state index in [1.165, 1.54) is 11.3 Å². The minimum atomic E-state index is -4.16. The van der Waals surface area contributed by atoms with Gasteiger partial charge < -0.3 is 16.0 Å². The molecule has 1 saturated carbocycles. The number of aliphatic imine (C=N–C) groups is 1. The van der Waals surface area contributed by atoms with Gasteiger partial charge in [-0.1, -0.05) is 19.3 Å². The van der Waals surface area contributed by atoms with E-state index in [-0.39, 0.29) is 41.8 Å². The third-order valence-electron chi connectivity index (χ3n) is 4.93. The van der Waals surface area contributed by atoms with Gasteiger partial charge in [0, 0.05) is 45.2 Å². The fraction of sp³-hybridized carbons (Fsp3) is 0.882. The Morgan fingerprint density at radius 2 is 1.78 bits per heavy atom. The van der Waals surface area contributed by atoms with Crippen molar-refractivity contribution in [2.45, 2.75) is 50.7 Å². The smallest absolute Gasteiger partial charge is 0.355 e. The third-order valence-corrected chi connectivity index (χ3v) is 4.93. The Bertz CT molecular complexity index is 484. The first kappa shape index (κ1) is 24.3. The first-order chi connectivity index (χ1) is 12.4. The van der Waals surface area contributed by atoms with Crippen molar-refractivity contribution in [3.05, 3.63) is 0 Å². The van der Waals surface area contributed by atoms with E-state index in [9.17, 15) is 18.0 Å². The van der Waals surface area contributed by atoms with E-state index in [2.05, 4.69) is 20.9 Å². The summed E-state index contributed by atoms with van der Waals surface area (Å²) in [5.74, 6) is 0.808. The van der Waals surface area contributed by atoms with Crippen LogP contribution in [0.4, 0.5) is 13.2 Å². The number of nitrogens with one attached hydrogen (secondary N) is 3. The lowest BCUT2D eigenvalue weighted by atomic mass is 9.89. The molecule has 6 nitrogen and oxygen atoms in total. The summed E-state index contributed by atoms with van der Waals surface area (Å²) in [6.07, 6.45) is 1.89. The van der Waals surface area contributed by atoms with Crippen molar-refractivity contribution >= 4 is 35.8 Å². The maximum absolute atomic E-state index is 12.4. The number of nitrogens with zero attached hydrogens (tertiary/aromatic N) is 2. The summed E-state index contributed by atoms with van der Waals surface area (Å²) in [6, 6.07) is -0.0552. The molecule has 0 bridgehead atoms. The van der Waals surface area contributed by atoms with Crippen LogP contribution in [-0.2, 0) is 4.79 Å². The molecule has 27 heavy (non-hydrogen) atoms. The molecule has 1 aliphatic carbocycles. The van der Waals surface area contributed by atoms with Crippen molar-refractivity contribution in [1.82, 2.24) is 20.9 Å². The molecule has 10 heteroatoms. The molecule has 1 atom stereocenters. The summed E-state index contributed by atoms with van der Waals surface area (Å²) in [5.41, 5.74) is 0. The molecule has 1 heterocycles. The highest BCUT2D eigenvalue weighted by molar-refractivity contribution is 14.0. The normalized spacial score (nSPS) is 22.2. The predicted octanol–water partition coefficient (Wildman–Crippen LogP) is 2.10. The van der Waals surface area contributed by atoms with Gasteiger partial charge in [0.15, 0.2) is 5.96 Å². The zero-order valence-corrected chi connectivity index (χ0v) is 18.1. The van der Waals surface area contributed by atoms with Crippen LogP contribution in [0.3, 0.4) is 0 Å². The van der Waals surface area contributed by atoms with E-state index < -0.39 is 12.7 Å². The van der Waals surface area contributed by atoms with E-state index in [1.54, 1.807) is 7.05 Å². The summed E-state index contributed by atoms with van der Waals surface area (Å²) >= 11 is 0. The molecule has 1 saturated heterocycles. The van der Waals surface area contributed by atoms with Gasteiger partial charge in [0.25, 0.3) is 0 Å². The van der Waals surface area contributed by atoms with E-state index in [4.69, 9.17) is 0 Å². The second-order valence-corrected chi connectivity index (χ2v) is 7.11. The van der Waals surface area contributed by atoms with Crippen LogP contribution in [0, 0.1) is 5.92 Å². The van der Waals surface area contributed by atoms with Gasteiger partial charge in [-0.15, -0.1) is 24.0 Å². The Kier molecular flexibility index (Phi) is 10.7. The van der Waals surface area contributed by atoms with Crippen LogP contribution < -0.4 is 16.0 Å². The number of hydrogen-bond acceptors (Lipinski definition) is 3. The number of hydrogen-bond donors (Lipinski definition) is 3. The fourth-order valence-corrected chi connectivity index (χ4v) is 3.61. The average Bonchev–Trinajstić information content (AvgIpc) is 3.03. The summed E-state index contributed by atoms with van der Waals surface area (Å²) in [4.78, 5) is 17.6. The highest BCUT2D eigenvalue weighted by atomic mass is 127. The number of rotatable bonds is 6. The zero-order chi connectivity index (χ0) is 19.0. The van der Waals surface area contributed by atoms with Gasteiger partial charge in [0.05, 0.1) is 6.54 Å². The predicted molar refractivity (Wildman–Crippen MR) is 110 cm³/mol. The van der Waals surface area contributed by atoms with Gasteiger partial charge in [0.1, 0.15) is 0 Å². The summed E-state index contributed by atoms with van der Waals surface area (Å²) in [7, 11) is 1.62. The minimum absolute atomic E-state index is 0. The molecular formula is C17H31F3IN5O. The Morgan fingerprint density at radius 1 is 1.11 bits per heavy atom. The number of halogens is 4. The highest BCUT2D eigenvalue weighted by Crippen LogP contribution is 2.23. The van der Waals surface area contributed by atoms with Crippen LogP contribution in [0.15, 0.2) is 4.99 Å². The van der Waals surface area contributed by atoms with Crippen LogP contribution in [0.5, 0.6) is 0 Å². The minimum Gasteiger partial charge on any atom is -0.355 e. The maximum Gasteiger partial charge on any atom is 0.401 e. The van der Waals surface area contributed by atoms with E-state index in [1.807, 2.05) is 0 Å². The number of likely N-dealkylation sites (tertiary alicyclic amines) is 1. The van der Waals surface area contributed by atoms with Gasteiger partial charge in [-0.2, -0.15) is 13.2 Å². The lowest BCUT2D eigenvalue weighted by molar-refractivity contribution is -0.143. The van der Waals surface area contributed by atoms with Crippen molar-refractivity contribution in [1.29, 1.82) is 0 Å². The quantitative estimate of drug-likeness (QED) is 0.224. The Hall–Kier alpha value is -0.780. The molecule has 0 spiro atoms. The molecule has 1 unspecified atom stereocenters. The Morgan fingerprint density at radius 3 is 2.41 bits per heavy atom. The van der Waals surface area contributed by atoms with Crippen molar-refractivity contribution in [3.63, 3.8) is 0 Å². The largest absolute Gasteiger partial charge is 0.401 e. The fourth-order valence-electron chi connectivity index (χ4n) is 3.61. The lowest BCUT2D eigenvalue weighted by Gasteiger charge is -2.21. The molecule has 0 radical (unpaired) electrons. The van der Waals surface area contributed by atoms with Crippen LogP contribution in [0.25, 0.3) is 0 Å². The van der Waals surface area contributed by atoms with Gasteiger partial charge in [0.2, 0.25) is 5.91 Å². The maximum atomic E-state index is 12.4. The number of carbonyl (C=O) groups excluding carboxylic acids is 1.